The predicted molar refractivity (Wildman–Crippen MR) is 101 cm³/mol. The number of nitrogens with one attached hydrogen (secondary N) is 1. The maximum atomic E-state index is 13.1. The van der Waals surface area contributed by atoms with Crippen LogP contribution < -0.4 is 5.32 Å². The van der Waals surface area contributed by atoms with E-state index < -0.39 is 30.1 Å². The van der Waals surface area contributed by atoms with Gasteiger partial charge < -0.3 is 10.2 Å². The number of hydrogen-bond donors (Lipinski definition) is 1. The molecule has 0 saturated heterocycles. The number of likely N-dealkylation sites (N-methyl/N-ethyl adjacent to an activating group) is 1. The first-order chi connectivity index (χ1) is 14.3. The molecule has 0 unspecified atom stereocenters. The summed E-state index contributed by atoms with van der Waals surface area (Å²) in [6.07, 6.45) is -3.24. The number of rotatable bonds is 6. The van der Waals surface area contributed by atoms with Crippen molar-refractivity contribution in [2.45, 2.75) is 13.1 Å². The topological polar surface area (TPSA) is 93.0 Å². The third-order valence-corrected chi connectivity index (χ3v) is 4.22. The zero-order chi connectivity index (χ0) is 21.7. The standard InChI is InChI=1S/C19H17F3N6O2/c1-2-27(11-17(29)24-16-9-4-3-8-15(16)19(20,21)22)18(30)13-6-5-7-14(10-13)28-12-23-25-26-28/h3-10,12H,2,11H2,1H3,(H,24,29). The number of para-hydroxylation sites is 1. The lowest BCUT2D eigenvalue weighted by Crippen LogP contribution is -2.38. The number of anilines is 1. The quantitative estimate of drug-likeness (QED) is 0.665. The van der Waals surface area contributed by atoms with E-state index in [1.807, 2.05) is 0 Å². The molecule has 30 heavy (non-hydrogen) atoms. The molecule has 1 N–H and O–H groups in total. The summed E-state index contributed by atoms with van der Waals surface area (Å²) < 4.78 is 40.7. The van der Waals surface area contributed by atoms with Gasteiger partial charge in [0.05, 0.1) is 16.9 Å². The first-order valence-corrected chi connectivity index (χ1v) is 8.88. The van der Waals surface area contributed by atoms with E-state index >= 15 is 0 Å². The van der Waals surface area contributed by atoms with Crippen LogP contribution in [-0.2, 0) is 11.0 Å². The summed E-state index contributed by atoms with van der Waals surface area (Å²) in [5, 5.41) is 13.1. The van der Waals surface area contributed by atoms with Crippen molar-refractivity contribution >= 4 is 17.5 Å². The summed E-state index contributed by atoms with van der Waals surface area (Å²) in [7, 11) is 0. The van der Waals surface area contributed by atoms with Crippen LogP contribution in [0, 0.1) is 0 Å². The third-order valence-electron chi connectivity index (χ3n) is 4.22. The molecule has 0 saturated carbocycles. The van der Waals surface area contributed by atoms with Crippen molar-refractivity contribution in [2.75, 3.05) is 18.4 Å². The van der Waals surface area contributed by atoms with Crippen LogP contribution in [-0.4, -0.2) is 50.0 Å². The third kappa shape index (κ3) is 4.80. The second-order valence-electron chi connectivity index (χ2n) is 6.22. The lowest BCUT2D eigenvalue weighted by atomic mass is 10.1. The summed E-state index contributed by atoms with van der Waals surface area (Å²) in [4.78, 5) is 26.4. The number of hydrogen-bond acceptors (Lipinski definition) is 5. The van der Waals surface area contributed by atoms with Gasteiger partial charge in [0.1, 0.15) is 12.9 Å². The Morgan fingerprint density at radius 2 is 1.90 bits per heavy atom. The van der Waals surface area contributed by atoms with Crippen LogP contribution in [0.15, 0.2) is 54.9 Å². The highest BCUT2D eigenvalue weighted by Gasteiger charge is 2.33. The molecule has 8 nitrogen and oxygen atoms in total. The molecule has 2 aromatic carbocycles. The van der Waals surface area contributed by atoms with Crippen LogP contribution >= 0.6 is 0 Å². The van der Waals surface area contributed by atoms with Crippen LogP contribution in [0.2, 0.25) is 0 Å². The average Bonchev–Trinajstić information content (AvgIpc) is 3.26. The van der Waals surface area contributed by atoms with Gasteiger partial charge in [-0.1, -0.05) is 18.2 Å². The molecule has 2 amide bonds. The first kappa shape index (κ1) is 21.0. The highest BCUT2D eigenvalue weighted by Crippen LogP contribution is 2.34. The number of alkyl halides is 3. The van der Waals surface area contributed by atoms with Gasteiger partial charge in [-0.15, -0.1) is 5.10 Å². The second kappa shape index (κ2) is 8.72. The Balaban J connectivity index is 1.74. The van der Waals surface area contributed by atoms with Crippen molar-refractivity contribution in [2.24, 2.45) is 0 Å². The number of carbonyl (C=O) groups is 2. The largest absolute Gasteiger partial charge is 0.418 e. The molecule has 0 bridgehead atoms. The zero-order valence-electron chi connectivity index (χ0n) is 15.8. The van der Waals surface area contributed by atoms with Gasteiger partial charge in [0, 0.05) is 12.1 Å². The fraction of sp³-hybridized carbons (Fsp3) is 0.211. The maximum absolute atomic E-state index is 13.1. The van der Waals surface area contributed by atoms with E-state index in [1.54, 1.807) is 31.2 Å². The predicted octanol–water partition coefficient (Wildman–Crippen LogP) is 2.78. The van der Waals surface area contributed by atoms with Crippen molar-refractivity contribution < 1.29 is 22.8 Å². The Labute approximate surface area is 169 Å². The number of aromatic nitrogens is 4. The van der Waals surface area contributed by atoms with Crippen LogP contribution in [0.3, 0.4) is 0 Å². The second-order valence-corrected chi connectivity index (χ2v) is 6.22. The monoisotopic (exact) mass is 418 g/mol. The van der Waals surface area contributed by atoms with Gasteiger partial charge in [-0.25, -0.2) is 4.68 Å². The summed E-state index contributed by atoms with van der Waals surface area (Å²) in [6.45, 7) is 1.44. The molecular weight excluding hydrogens is 401 g/mol. The van der Waals surface area contributed by atoms with Crippen LogP contribution in [0.4, 0.5) is 18.9 Å². The van der Waals surface area contributed by atoms with Gasteiger partial charge in [-0.05, 0) is 47.7 Å². The van der Waals surface area contributed by atoms with Crippen LogP contribution in [0.25, 0.3) is 5.69 Å². The van der Waals surface area contributed by atoms with Crippen LogP contribution in [0.1, 0.15) is 22.8 Å². The number of halogens is 3. The average molecular weight is 418 g/mol. The molecule has 3 rings (SSSR count). The van der Waals surface area contributed by atoms with Crippen molar-refractivity contribution in [3.8, 4) is 5.69 Å². The lowest BCUT2D eigenvalue weighted by molar-refractivity contribution is -0.137. The molecule has 3 aromatic rings. The Bertz CT molecular complexity index is 1040. The first-order valence-electron chi connectivity index (χ1n) is 8.88. The molecule has 0 spiro atoms. The van der Waals surface area contributed by atoms with E-state index in [1.165, 1.54) is 28.0 Å². The minimum absolute atomic E-state index is 0.183. The van der Waals surface area contributed by atoms with Crippen molar-refractivity contribution in [3.05, 3.63) is 66.0 Å². The molecule has 0 radical (unpaired) electrons. The van der Waals surface area contributed by atoms with Crippen molar-refractivity contribution in [1.82, 2.24) is 25.1 Å². The number of amides is 2. The highest BCUT2D eigenvalue weighted by atomic mass is 19.4. The summed E-state index contributed by atoms with van der Waals surface area (Å²) in [5.74, 6) is -1.19. The van der Waals surface area contributed by atoms with E-state index in [4.69, 9.17) is 0 Å². The molecule has 0 atom stereocenters. The molecular formula is C19H17F3N6O2. The van der Waals surface area contributed by atoms with Gasteiger partial charge in [-0.3, -0.25) is 9.59 Å². The summed E-state index contributed by atoms with van der Waals surface area (Å²) >= 11 is 0. The number of benzene rings is 2. The van der Waals surface area contributed by atoms with Gasteiger partial charge in [0.25, 0.3) is 5.91 Å². The van der Waals surface area contributed by atoms with Crippen molar-refractivity contribution in [1.29, 1.82) is 0 Å². The number of tetrazole rings is 1. The van der Waals surface area contributed by atoms with E-state index in [0.29, 0.717) is 5.69 Å². The smallest absolute Gasteiger partial charge is 0.330 e. The minimum atomic E-state index is -4.61. The van der Waals surface area contributed by atoms with Crippen LogP contribution in [0.5, 0.6) is 0 Å². The Morgan fingerprint density at radius 3 is 2.57 bits per heavy atom. The normalized spacial score (nSPS) is 11.2. The Kier molecular flexibility index (Phi) is 6.09. The molecule has 1 aromatic heterocycles. The molecule has 156 valence electrons. The van der Waals surface area contributed by atoms with E-state index in [2.05, 4.69) is 20.8 Å². The molecule has 0 aliphatic heterocycles. The Hall–Kier alpha value is -3.76. The molecule has 0 aliphatic rings. The number of nitrogens with zero attached hydrogens (tertiary/aromatic N) is 5. The van der Waals surface area contributed by atoms with Crippen molar-refractivity contribution in [3.63, 3.8) is 0 Å². The minimum Gasteiger partial charge on any atom is -0.330 e. The molecule has 11 heteroatoms. The van der Waals surface area contributed by atoms with Gasteiger partial charge in [0.2, 0.25) is 5.91 Å². The molecule has 1 heterocycles. The summed E-state index contributed by atoms with van der Waals surface area (Å²) in [6, 6.07) is 11.1. The van der Waals surface area contributed by atoms with E-state index in [0.717, 1.165) is 12.1 Å². The maximum Gasteiger partial charge on any atom is 0.418 e. The molecule has 0 aliphatic carbocycles. The summed E-state index contributed by atoms with van der Waals surface area (Å²) in [5.41, 5.74) is -0.486. The van der Waals surface area contributed by atoms with E-state index in [9.17, 15) is 22.8 Å². The number of carbonyl (C=O) groups excluding carboxylic acids is 2. The SMILES string of the molecule is CCN(CC(=O)Nc1ccccc1C(F)(F)F)C(=O)c1cccc(-n2cnnn2)c1. The fourth-order valence-electron chi connectivity index (χ4n) is 2.77. The highest BCUT2D eigenvalue weighted by molar-refractivity contribution is 5.99. The fourth-order valence-corrected chi connectivity index (χ4v) is 2.77. The molecule has 0 fully saturated rings. The van der Waals surface area contributed by atoms with Gasteiger partial charge >= 0.3 is 6.18 Å². The Morgan fingerprint density at radius 1 is 1.13 bits per heavy atom. The lowest BCUT2D eigenvalue weighted by Gasteiger charge is -2.21. The van der Waals surface area contributed by atoms with Gasteiger partial charge in [-0.2, -0.15) is 13.2 Å². The van der Waals surface area contributed by atoms with E-state index in [-0.39, 0.29) is 17.8 Å². The zero-order valence-corrected chi connectivity index (χ0v) is 15.8. The van der Waals surface area contributed by atoms with Gasteiger partial charge in [0.15, 0.2) is 0 Å².